The molecule has 2 heterocycles. The van der Waals surface area contributed by atoms with E-state index in [1.807, 2.05) is 59.5 Å². The number of carbonyl (C=O) groups is 1. The fourth-order valence-corrected chi connectivity index (χ4v) is 4.90. The molecule has 2 aliphatic rings. The van der Waals surface area contributed by atoms with Crippen LogP contribution in [0.1, 0.15) is 23.6 Å². The predicted octanol–water partition coefficient (Wildman–Crippen LogP) is 4.34. The molecule has 0 aliphatic carbocycles. The molecule has 3 aromatic carbocycles. The van der Waals surface area contributed by atoms with Crippen LogP contribution in [0.3, 0.4) is 0 Å². The average Bonchev–Trinajstić information content (AvgIpc) is 3.40. The number of ether oxygens (including phenoxy) is 2. The maximum atomic E-state index is 14.2. The van der Waals surface area contributed by atoms with Crippen molar-refractivity contribution in [2.75, 3.05) is 51.8 Å². The van der Waals surface area contributed by atoms with Crippen LogP contribution in [0, 0.1) is 5.82 Å². The van der Waals surface area contributed by atoms with Gasteiger partial charge in [-0.05, 0) is 59.7 Å². The predicted molar refractivity (Wildman–Crippen MR) is 142 cm³/mol. The smallest absolute Gasteiger partial charge is 0.257 e. The molecule has 0 spiro atoms. The zero-order valence-corrected chi connectivity index (χ0v) is 21.1. The molecule has 1 saturated heterocycles. The number of anilines is 1. The van der Waals surface area contributed by atoms with Crippen LogP contribution in [0.2, 0.25) is 0 Å². The monoisotopic (exact) mass is 502 g/mol. The van der Waals surface area contributed by atoms with E-state index in [2.05, 4.69) is 4.90 Å². The molecule has 0 radical (unpaired) electrons. The van der Waals surface area contributed by atoms with Crippen LogP contribution in [-0.4, -0.2) is 68.5 Å². The zero-order valence-electron chi connectivity index (χ0n) is 21.1. The third-order valence-corrected chi connectivity index (χ3v) is 7.01. The van der Waals surface area contributed by atoms with E-state index in [9.17, 15) is 9.18 Å². The number of halogens is 1. The van der Waals surface area contributed by atoms with Crippen LogP contribution in [0.15, 0.2) is 77.9 Å². The Kier molecular flexibility index (Phi) is 7.37. The largest absolute Gasteiger partial charge is 0.497 e. The van der Waals surface area contributed by atoms with E-state index < -0.39 is 0 Å². The maximum absolute atomic E-state index is 14.2. The molecule has 7 nitrogen and oxygen atoms in total. The Bertz CT molecular complexity index is 1250. The van der Waals surface area contributed by atoms with E-state index in [1.54, 1.807) is 31.4 Å². The molecule has 8 heteroatoms. The highest BCUT2D eigenvalue weighted by atomic mass is 19.1. The number of hydrogen-bond acceptors (Lipinski definition) is 6. The van der Waals surface area contributed by atoms with Crippen LogP contribution in [0.4, 0.5) is 10.1 Å². The van der Waals surface area contributed by atoms with E-state index in [-0.39, 0.29) is 24.3 Å². The van der Waals surface area contributed by atoms with Crippen LogP contribution in [0.25, 0.3) is 0 Å². The van der Waals surface area contributed by atoms with Gasteiger partial charge in [-0.3, -0.25) is 9.69 Å². The quantitative estimate of drug-likeness (QED) is 0.481. The van der Waals surface area contributed by atoms with Gasteiger partial charge in [-0.1, -0.05) is 24.3 Å². The van der Waals surface area contributed by atoms with Gasteiger partial charge in [-0.15, -0.1) is 0 Å². The summed E-state index contributed by atoms with van der Waals surface area (Å²) in [6, 6.07) is 22.2. The highest BCUT2D eigenvalue weighted by molar-refractivity contribution is 6.03. The summed E-state index contributed by atoms with van der Waals surface area (Å²) in [4.78, 5) is 17.7. The van der Waals surface area contributed by atoms with Crippen molar-refractivity contribution in [2.24, 2.45) is 5.10 Å². The first-order valence-corrected chi connectivity index (χ1v) is 12.5. The van der Waals surface area contributed by atoms with Crippen molar-refractivity contribution in [3.05, 3.63) is 89.7 Å². The molecule has 0 unspecified atom stereocenters. The Morgan fingerprint density at radius 2 is 1.51 bits per heavy atom. The van der Waals surface area contributed by atoms with E-state index in [1.165, 1.54) is 6.07 Å². The molecule has 1 amide bonds. The van der Waals surface area contributed by atoms with Gasteiger partial charge in [0.25, 0.3) is 5.91 Å². The van der Waals surface area contributed by atoms with E-state index >= 15 is 0 Å². The molecule has 0 bridgehead atoms. The second kappa shape index (κ2) is 11.0. The number of hydrazone groups is 1. The van der Waals surface area contributed by atoms with Crippen LogP contribution < -0.4 is 14.4 Å². The SMILES string of the molecule is COc1ccc(C2=NN(C(=O)CN3CCN(c4ccccc4F)CC3)[C@H](c3ccc(OC)cc3)C2)cc1. The normalized spacial score (nSPS) is 18.0. The molecule has 1 fully saturated rings. The number of amides is 1. The molecule has 2 aliphatic heterocycles. The van der Waals surface area contributed by atoms with Crippen molar-refractivity contribution in [1.82, 2.24) is 9.91 Å². The van der Waals surface area contributed by atoms with Gasteiger partial charge in [0, 0.05) is 32.6 Å². The number of carbonyl (C=O) groups excluding carboxylic acids is 1. The van der Waals surface area contributed by atoms with Crippen molar-refractivity contribution in [3.8, 4) is 11.5 Å². The second-order valence-electron chi connectivity index (χ2n) is 9.22. The Morgan fingerprint density at radius 1 is 0.892 bits per heavy atom. The fourth-order valence-electron chi connectivity index (χ4n) is 4.90. The van der Waals surface area contributed by atoms with Crippen molar-refractivity contribution in [2.45, 2.75) is 12.5 Å². The van der Waals surface area contributed by atoms with Crippen molar-refractivity contribution < 1.29 is 18.7 Å². The highest BCUT2D eigenvalue weighted by Crippen LogP contribution is 2.34. The lowest BCUT2D eigenvalue weighted by molar-refractivity contribution is -0.134. The lowest BCUT2D eigenvalue weighted by Crippen LogP contribution is -2.49. The summed E-state index contributed by atoms with van der Waals surface area (Å²) in [5.74, 6) is 1.27. The first-order valence-electron chi connectivity index (χ1n) is 12.5. The van der Waals surface area contributed by atoms with E-state index in [4.69, 9.17) is 14.6 Å². The Morgan fingerprint density at radius 3 is 2.14 bits per heavy atom. The molecule has 5 rings (SSSR count). The maximum Gasteiger partial charge on any atom is 0.257 e. The first-order chi connectivity index (χ1) is 18.1. The first kappa shape index (κ1) is 24.8. The molecule has 0 saturated carbocycles. The zero-order chi connectivity index (χ0) is 25.8. The number of methoxy groups -OCH3 is 2. The number of hydrogen-bond donors (Lipinski definition) is 0. The second-order valence-corrected chi connectivity index (χ2v) is 9.22. The summed E-state index contributed by atoms with van der Waals surface area (Å²) in [5.41, 5.74) is 3.45. The Labute approximate surface area is 216 Å². The molecular weight excluding hydrogens is 471 g/mol. The van der Waals surface area contributed by atoms with Gasteiger partial charge in [0.05, 0.1) is 38.2 Å². The van der Waals surface area contributed by atoms with Gasteiger partial charge >= 0.3 is 0 Å². The minimum Gasteiger partial charge on any atom is -0.497 e. The molecular formula is C29H31FN4O3. The van der Waals surface area contributed by atoms with Crippen LogP contribution in [0.5, 0.6) is 11.5 Å². The highest BCUT2D eigenvalue weighted by Gasteiger charge is 2.34. The van der Waals surface area contributed by atoms with Crippen LogP contribution in [-0.2, 0) is 4.79 Å². The lowest BCUT2D eigenvalue weighted by atomic mass is 9.98. The molecule has 37 heavy (non-hydrogen) atoms. The number of para-hydroxylation sites is 1. The number of nitrogens with zero attached hydrogens (tertiary/aromatic N) is 4. The molecule has 0 N–H and O–H groups in total. The topological polar surface area (TPSA) is 57.6 Å². The molecule has 3 aromatic rings. The summed E-state index contributed by atoms with van der Waals surface area (Å²) in [5, 5.41) is 6.43. The molecule has 1 atom stereocenters. The van der Waals surface area contributed by atoms with Gasteiger partial charge in [0.15, 0.2) is 0 Å². The summed E-state index contributed by atoms with van der Waals surface area (Å²) >= 11 is 0. The van der Waals surface area contributed by atoms with E-state index in [0.717, 1.165) is 28.3 Å². The summed E-state index contributed by atoms with van der Waals surface area (Å²) in [6.45, 7) is 2.94. The minimum atomic E-state index is -0.216. The number of benzene rings is 3. The lowest BCUT2D eigenvalue weighted by Gasteiger charge is -2.36. The van der Waals surface area contributed by atoms with E-state index in [0.29, 0.717) is 38.3 Å². The average molecular weight is 503 g/mol. The minimum absolute atomic E-state index is 0.0522. The fraction of sp³-hybridized carbons (Fsp3) is 0.310. The van der Waals surface area contributed by atoms with Crippen molar-refractivity contribution >= 4 is 17.3 Å². The molecule has 192 valence electrons. The van der Waals surface area contributed by atoms with Gasteiger partial charge in [-0.25, -0.2) is 9.40 Å². The number of rotatable bonds is 7. The van der Waals surface area contributed by atoms with Gasteiger partial charge < -0.3 is 14.4 Å². The third kappa shape index (κ3) is 5.44. The summed E-state index contributed by atoms with van der Waals surface area (Å²) in [6.07, 6.45) is 0.617. The Hall–Kier alpha value is -3.91. The molecule has 0 aromatic heterocycles. The summed E-state index contributed by atoms with van der Waals surface area (Å²) < 4.78 is 24.8. The number of piperazine rings is 1. The van der Waals surface area contributed by atoms with Crippen LogP contribution >= 0.6 is 0 Å². The Balaban J connectivity index is 1.31. The van der Waals surface area contributed by atoms with Gasteiger partial charge in [0.2, 0.25) is 0 Å². The summed E-state index contributed by atoms with van der Waals surface area (Å²) in [7, 11) is 3.27. The standard InChI is InChI=1S/C29H31FN4O3/c1-36-23-11-7-21(8-12-23)26-19-28(22-9-13-24(37-2)14-10-22)34(31-26)29(35)20-32-15-17-33(18-16-32)27-6-4-3-5-25(27)30/h3-14,28H,15-20H2,1-2H3/t28-/m0/s1. The van der Waals surface area contributed by atoms with Gasteiger partial charge in [-0.2, -0.15) is 5.10 Å². The van der Waals surface area contributed by atoms with Gasteiger partial charge in [0.1, 0.15) is 17.3 Å². The van der Waals surface area contributed by atoms with Crippen molar-refractivity contribution in [3.63, 3.8) is 0 Å². The van der Waals surface area contributed by atoms with Crippen molar-refractivity contribution in [1.29, 1.82) is 0 Å². The third-order valence-electron chi connectivity index (χ3n) is 7.01.